The van der Waals surface area contributed by atoms with Crippen LogP contribution in [0, 0.1) is 6.92 Å². The lowest BCUT2D eigenvalue weighted by molar-refractivity contribution is 0.0702. The van der Waals surface area contributed by atoms with E-state index in [1.165, 1.54) is 11.3 Å². The maximum Gasteiger partial charge on any atom is 0.345 e. The molecule has 5 heteroatoms. The fourth-order valence-electron chi connectivity index (χ4n) is 1.12. The third-order valence-corrected chi connectivity index (χ3v) is 2.69. The van der Waals surface area contributed by atoms with Crippen molar-refractivity contribution in [1.82, 2.24) is 9.78 Å². The molecule has 0 bridgehead atoms. The van der Waals surface area contributed by atoms with Crippen molar-refractivity contribution in [3.63, 3.8) is 0 Å². The van der Waals surface area contributed by atoms with E-state index in [4.69, 9.17) is 5.11 Å². The van der Waals surface area contributed by atoms with Crippen LogP contribution in [-0.2, 0) is 0 Å². The van der Waals surface area contributed by atoms with Crippen molar-refractivity contribution in [2.24, 2.45) is 0 Å². The fourth-order valence-corrected chi connectivity index (χ4v) is 1.83. The van der Waals surface area contributed by atoms with E-state index in [9.17, 15) is 4.79 Å². The minimum absolute atomic E-state index is 0.327. The lowest BCUT2D eigenvalue weighted by Gasteiger charge is -1.93. The number of carboxylic acid groups (broad SMARTS) is 1. The summed E-state index contributed by atoms with van der Waals surface area (Å²) in [6, 6.07) is 3.48. The molecule has 0 radical (unpaired) electrons. The van der Waals surface area contributed by atoms with Crippen LogP contribution >= 0.6 is 11.3 Å². The molecule has 2 aromatic rings. The predicted octanol–water partition coefficient (Wildman–Crippen LogP) is 1.94. The minimum atomic E-state index is -0.898. The molecule has 14 heavy (non-hydrogen) atoms. The Morgan fingerprint density at radius 3 is 2.93 bits per heavy atom. The van der Waals surface area contributed by atoms with Crippen LogP contribution in [0.2, 0.25) is 0 Å². The van der Waals surface area contributed by atoms with E-state index in [2.05, 4.69) is 5.10 Å². The number of carboxylic acids is 1. The zero-order chi connectivity index (χ0) is 10.1. The van der Waals surface area contributed by atoms with Gasteiger partial charge in [-0.3, -0.25) is 0 Å². The maximum absolute atomic E-state index is 10.6. The number of hydrogen-bond donors (Lipinski definition) is 1. The number of aromatic carboxylic acids is 1. The second-order valence-electron chi connectivity index (χ2n) is 2.88. The SMILES string of the molecule is Cc1ccn(-c2csc(C(=O)O)c2)n1. The molecule has 1 N–H and O–H groups in total. The quantitative estimate of drug-likeness (QED) is 0.820. The highest BCUT2D eigenvalue weighted by Gasteiger charge is 2.08. The standard InChI is InChI=1S/C9H8N2O2S/c1-6-2-3-11(10-6)7-4-8(9(12)13)14-5-7/h2-5H,1H3,(H,12,13). The molecule has 0 atom stereocenters. The molecule has 0 aromatic carbocycles. The highest BCUT2D eigenvalue weighted by molar-refractivity contribution is 7.12. The fraction of sp³-hybridized carbons (Fsp3) is 0.111. The highest BCUT2D eigenvalue weighted by atomic mass is 32.1. The van der Waals surface area contributed by atoms with Crippen molar-refractivity contribution in [2.45, 2.75) is 6.92 Å². The van der Waals surface area contributed by atoms with Crippen molar-refractivity contribution >= 4 is 17.3 Å². The van der Waals surface area contributed by atoms with Gasteiger partial charge in [0, 0.05) is 11.6 Å². The average molecular weight is 208 g/mol. The molecule has 0 aliphatic heterocycles. The number of thiophene rings is 1. The summed E-state index contributed by atoms with van der Waals surface area (Å²) in [4.78, 5) is 11.0. The smallest absolute Gasteiger partial charge is 0.345 e. The Hall–Kier alpha value is -1.62. The van der Waals surface area contributed by atoms with Crippen molar-refractivity contribution in [1.29, 1.82) is 0 Å². The molecule has 2 aromatic heterocycles. The number of hydrogen-bond acceptors (Lipinski definition) is 3. The van der Waals surface area contributed by atoms with Gasteiger partial charge in [0.25, 0.3) is 0 Å². The van der Waals surface area contributed by atoms with Crippen LogP contribution in [-0.4, -0.2) is 20.9 Å². The van der Waals surface area contributed by atoms with Crippen LogP contribution in [0.5, 0.6) is 0 Å². The van der Waals surface area contributed by atoms with Crippen molar-refractivity contribution < 1.29 is 9.90 Å². The Labute approximate surface area is 84.4 Å². The van der Waals surface area contributed by atoms with E-state index >= 15 is 0 Å². The zero-order valence-electron chi connectivity index (χ0n) is 7.47. The first-order valence-corrected chi connectivity index (χ1v) is 4.89. The lowest BCUT2D eigenvalue weighted by Crippen LogP contribution is -1.94. The maximum atomic E-state index is 10.6. The zero-order valence-corrected chi connectivity index (χ0v) is 8.28. The van der Waals surface area contributed by atoms with Gasteiger partial charge >= 0.3 is 5.97 Å². The second kappa shape index (κ2) is 3.26. The van der Waals surface area contributed by atoms with E-state index in [0.29, 0.717) is 4.88 Å². The van der Waals surface area contributed by atoms with Gasteiger partial charge in [-0.05, 0) is 19.1 Å². The summed E-state index contributed by atoms with van der Waals surface area (Å²) in [6.07, 6.45) is 1.81. The molecular weight excluding hydrogens is 200 g/mol. The van der Waals surface area contributed by atoms with E-state index in [1.807, 2.05) is 19.2 Å². The number of aromatic nitrogens is 2. The summed E-state index contributed by atoms with van der Waals surface area (Å²) in [5.41, 5.74) is 1.70. The van der Waals surface area contributed by atoms with Gasteiger partial charge in [-0.25, -0.2) is 9.48 Å². The summed E-state index contributed by atoms with van der Waals surface area (Å²) in [6.45, 7) is 1.89. The number of nitrogens with zero attached hydrogens (tertiary/aromatic N) is 2. The number of aryl methyl sites for hydroxylation is 1. The van der Waals surface area contributed by atoms with Crippen molar-refractivity contribution in [3.05, 3.63) is 34.3 Å². The minimum Gasteiger partial charge on any atom is -0.477 e. The Morgan fingerprint density at radius 2 is 2.43 bits per heavy atom. The number of rotatable bonds is 2. The summed E-state index contributed by atoms with van der Waals surface area (Å²) in [5.74, 6) is -0.898. The summed E-state index contributed by atoms with van der Waals surface area (Å²) in [5, 5.41) is 14.7. The van der Waals surface area contributed by atoms with Gasteiger partial charge in [0.15, 0.2) is 0 Å². The van der Waals surface area contributed by atoms with E-state index in [-0.39, 0.29) is 0 Å². The van der Waals surface area contributed by atoms with Crippen LogP contribution in [0.4, 0.5) is 0 Å². The predicted molar refractivity (Wildman–Crippen MR) is 53.1 cm³/mol. The highest BCUT2D eigenvalue weighted by Crippen LogP contribution is 2.17. The normalized spacial score (nSPS) is 10.4. The first-order chi connectivity index (χ1) is 6.66. The monoisotopic (exact) mass is 208 g/mol. The number of carbonyl (C=O) groups is 1. The van der Waals surface area contributed by atoms with E-state index in [1.54, 1.807) is 16.1 Å². The molecule has 0 saturated heterocycles. The first-order valence-electron chi connectivity index (χ1n) is 4.01. The summed E-state index contributed by atoms with van der Waals surface area (Å²) < 4.78 is 1.66. The van der Waals surface area contributed by atoms with Gasteiger partial charge in [-0.15, -0.1) is 11.3 Å². The van der Waals surface area contributed by atoms with Gasteiger partial charge in [0.1, 0.15) is 4.88 Å². The molecular formula is C9H8N2O2S. The molecule has 2 rings (SSSR count). The molecule has 2 heterocycles. The molecule has 0 aliphatic rings. The molecule has 0 saturated carbocycles. The van der Waals surface area contributed by atoms with Crippen LogP contribution in [0.3, 0.4) is 0 Å². The Balaban J connectivity index is 2.38. The summed E-state index contributed by atoms with van der Waals surface area (Å²) >= 11 is 1.20. The first kappa shape index (κ1) is 8.96. The Bertz CT molecular complexity index is 473. The van der Waals surface area contributed by atoms with Crippen molar-refractivity contribution in [2.75, 3.05) is 0 Å². The Kier molecular flexibility index (Phi) is 2.09. The van der Waals surface area contributed by atoms with Crippen LogP contribution < -0.4 is 0 Å². The van der Waals surface area contributed by atoms with Crippen LogP contribution in [0.1, 0.15) is 15.4 Å². The molecule has 0 aliphatic carbocycles. The van der Waals surface area contributed by atoms with Crippen LogP contribution in [0.15, 0.2) is 23.7 Å². The van der Waals surface area contributed by atoms with Gasteiger partial charge in [0.05, 0.1) is 11.4 Å². The van der Waals surface area contributed by atoms with Gasteiger partial charge < -0.3 is 5.11 Å². The summed E-state index contributed by atoms with van der Waals surface area (Å²) in [7, 11) is 0. The average Bonchev–Trinajstić information content (AvgIpc) is 2.70. The lowest BCUT2D eigenvalue weighted by atomic mass is 10.4. The van der Waals surface area contributed by atoms with Gasteiger partial charge in [-0.2, -0.15) is 5.10 Å². The largest absolute Gasteiger partial charge is 0.477 e. The van der Waals surface area contributed by atoms with Crippen molar-refractivity contribution in [3.8, 4) is 5.69 Å². The van der Waals surface area contributed by atoms with Gasteiger partial charge in [-0.1, -0.05) is 0 Å². The topological polar surface area (TPSA) is 55.1 Å². The third-order valence-electron chi connectivity index (χ3n) is 1.78. The third kappa shape index (κ3) is 1.54. The van der Waals surface area contributed by atoms with E-state index < -0.39 is 5.97 Å². The molecule has 4 nitrogen and oxygen atoms in total. The van der Waals surface area contributed by atoms with Gasteiger partial charge in [0.2, 0.25) is 0 Å². The van der Waals surface area contributed by atoms with E-state index in [0.717, 1.165) is 11.4 Å². The Morgan fingerprint density at radius 1 is 1.64 bits per heavy atom. The van der Waals surface area contributed by atoms with Crippen LogP contribution in [0.25, 0.3) is 5.69 Å². The molecule has 0 amide bonds. The molecule has 0 fully saturated rings. The second-order valence-corrected chi connectivity index (χ2v) is 3.79. The molecule has 0 unspecified atom stereocenters. The molecule has 0 spiro atoms. The molecule has 72 valence electrons.